The van der Waals surface area contributed by atoms with Crippen LogP contribution in [0.5, 0.6) is 0 Å². The molecule has 1 saturated heterocycles. The number of carbonyl (C=O) groups is 2. The van der Waals surface area contributed by atoms with Crippen LogP contribution in [-0.4, -0.2) is 68.9 Å². The highest BCUT2D eigenvalue weighted by molar-refractivity contribution is 7.92. The molecule has 0 aromatic heterocycles. The van der Waals surface area contributed by atoms with Gasteiger partial charge in [-0.25, -0.2) is 8.42 Å². The molecule has 0 spiro atoms. The Morgan fingerprint density at radius 1 is 1.31 bits per heavy atom. The number of hydrogen-bond donors (Lipinski definition) is 1. The topological polar surface area (TPSA) is 104 Å². The van der Waals surface area contributed by atoms with E-state index in [0.29, 0.717) is 43.8 Å². The molecule has 1 fully saturated rings. The molecule has 0 aliphatic carbocycles. The zero-order valence-corrected chi connectivity index (χ0v) is 15.4. The predicted octanol–water partition coefficient (Wildman–Crippen LogP) is 0.715. The van der Waals surface area contributed by atoms with Crippen LogP contribution in [-0.2, 0) is 26.0 Å². The first-order valence-corrected chi connectivity index (χ1v) is 10.3. The first kappa shape index (κ1) is 18.7. The molecule has 3 rings (SSSR count). The van der Waals surface area contributed by atoms with Crippen molar-refractivity contribution in [2.75, 3.05) is 36.8 Å². The van der Waals surface area contributed by atoms with Crippen molar-refractivity contribution in [3.63, 3.8) is 0 Å². The number of carboxylic acids is 1. The van der Waals surface area contributed by atoms with E-state index >= 15 is 0 Å². The third-order valence-corrected chi connectivity index (χ3v) is 5.81. The van der Waals surface area contributed by atoms with Crippen molar-refractivity contribution in [2.45, 2.75) is 25.4 Å². The van der Waals surface area contributed by atoms with Crippen LogP contribution in [0, 0.1) is 0 Å². The number of aliphatic carboxylic acids is 1. The van der Waals surface area contributed by atoms with Crippen LogP contribution in [0.1, 0.15) is 28.8 Å². The van der Waals surface area contributed by atoms with Gasteiger partial charge in [0.1, 0.15) is 0 Å². The van der Waals surface area contributed by atoms with E-state index in [0.717, 1.165) is 5.56 Å². The summed E-state index contributed by atoms with van der Waals surface area (Å²) in [6.07, 6.45) is 1.95. The minimum Gasteiger partial charge on any atom is -0.481 e. The highest BCUT2D eigenvalue weighted by atomic mass is 32.2. The van der Waals surface area contributed by atoms with Crippen molar-refractivity contribution >= 4 is 27.6 Å². The second-order valence-electron chi connectivity index (χ2n) is 6.62. The van der Waals surface area contributed by atoms with Crippen LogP contribution in [0.15, 0.2) is 18.2 Å². The number of amides is 1. The number of fused-ring (bicyclic) bond motifs is 1. The molecule has 1 N–H and O–H groups in total. The molecule has 0 saturated carbocycles. The Balaban J connectivity index is 1.80. The van der Waals surface area contributed by atoms with Gasteiger partial charge in [0.25, 0.3) is 5.91 Å². The van der Waals surface area contributed by atoms with Gasteiger partial charge >= 0.3 is 5.97 Å². The van der Waals surface area contributed by atoms with Gasteiger partial charge in [-0.2, -0.15) is 0 Å². The molecule has 9 heteroatoms. The lowest BCUT2D eigenvalue weighted by Crippen LogP contribution is -2.46. The van der Waals surface area contributed by atoms with Crippen LogP contribution in [0.25, 0.3) is 0 Å². The molecule has 8 nitrogen and oxygen atoms in total. The smallest absolute Gasteiger partial charge is 0.306 e. The van der Waals surface area contributed by atoms with E-state index in [1.165, 1.54) is 10.6 Å². The lowest BCUT2D eigenvalue weighted by Gasteiger charge is -2.33. The first-order valence-electron chi connectivity index (χ1n) is 8.49. The summed E-state index contributed by atoms with van der Waals surface area (Å²) in [6.45, 7) is 1.38. The molecule has 0 unspecified atom stereocenters. The Morgan fingerprint density at radius 2 is 2.08 bits per heavy atom. The van der Waals surface area contributed by atoms with Crippen LogP contribution in [0.3, 0.4) is 0 Å². The molecule has 1 aromatic carbocycles. The Kier molecular flexibility index (Phi) is 5.19. The summed E-state index contributed by atoms with van der Waals surface area (Å²) in [7, 11) is -3.35. The SMILES string of the molecule is CS(=O)(=O)N1CCCc2cc(C(=O)N3CCO[C@H](CC(=O)O)C3)ccc21. The Bertz CT molecular complexity index is 823. The molecular weight excluding hydrogens is 360 g/mol. The second kappa shape index (κ2) is 7.24. The van der Waals surface area contributed by atoms with Gasteiger partial charge in [-0.05, 0) is 36.6 Å². The van der Waals surface area contributed by atoms with Gasteiger partial charge in [-0.3, -0.25) is 13.9 Å². The lowest BCUT2D eigenvalue weighted by atomic mass is 10.00. The van der Waals surface area contributed by atoms with Gasteiger partial charge in [0.15, 0.2) is 0 Å². The summed E-state index contributed by atoms with van der Waals surface area (Å²) in [4.78, 5) is 25.2. The van der Waals surface area contributed by atoms with E-state index in [-0.39, 0.29) is 18.9 Å². The summed E-state index contributed by atoms with van der Waals surface area (Å²) in [5, 5.41) is 8.89. The van der Waals surface area contributed by atoms with E-state index in [1.807, 2.05) is 0 Å². The minimum absolute atomic E-state index is 0.142. The Morgan fingerprint density at radius 3 is 2.77 bits per heavy atom. The number of carboxylic acid groups (broad SMARTS) is 1. The number of hydrogen-bond acceptors (Lipinski definition) is 5. The molecule has 2 aliphatic rings. The molecule has 1 amide bonds. The summed E-state index contributed by atoms with van der Waals surface area (Å²) in [6, 6.07) is 5.06. The van der Waals surface area contributed by atoms with Crippen molar-refractivity contribution in [1.82, 2.24) is 4.90 Å². The van der Waals surface area contributed by atoms with Crippen molar-refractivity contribution in [3.8, 4) is 0 Å². The maximum Gasteiger partial charge on any atom is 0.306 e. The molecule has 0 bridgehead atoms. The molecule has 2 heterocycles. The highest BCUT2D eigenvalue weighted by Crippen LogP contribution is 2.30. The standard InChI is InChI=1S/C17H22N2O6S/c1-26(23,24)19-6-2-3-12-9-13(4-5-15(12)19)17(22)18-7-8-25-14(11-18)10-16(20)21/h4-5,9,14H,2-3,6-8,10-11H2,1H3,(H,20,21)/t14-/m1/s1. The van der Waals surface area contributed by atoms with Gasteiger partial charge < -0.3 is 14.7 Å². The number of sulfonamides is 1. The van der Waals surface area contributed by atoms with E-state index < -0.39 is 22.1 Å². The summed E-state index contributed by atoms with van der Waals surface area (Å²) in [5.74, 6) is -1.15. The minimum atomic E-state index is -3.35. The fraction of sp³-hybridized carbons (Fsp3) is 0.529. The van der Waals surface area contributed by atoms with Gasteiger partial charge in [-0.15, -0.1) is 0 Å². The Labute approximate surface area is 152 Å². The normalized spacial score (nSPS) is 20.6. The van der Waals surface area contributed by atoms with Gasteiger partial charge in [0.05, 0.1) is 31.1 Å². The van der Waals surface area contributed by atoms with Crippen molar-refractivity contribution < 1.29 is 27.9 Å². The van der Waals surface area contributed by atoms with Crippen LogP contribution in [0.2, 0.25) is 0 Å². The number of rotatable bonds is 4. The monoisotopic (exact) mass is 382 g/mol. The predicted molar refractivity (Wildman–Crippen MR) is 94.8 cm³/mol. The number of anilines is 1. The third-order valence-electron chi connectivity index (χ3n) is 4.63. The van der Waals surface area contributed by atoms with E-state index in [2.05, 4.69) is 0 Å². The number of morpholine rings is 1. The number of carbonyl (C=O) groups excluding carboxylic acids is 1. The quantitative estimate of drug-likeness (QED) is 0.823. The average molecular weight is 382 g/mol. The van der Waals surface area contributed by atoms with Crippen LogP contribution in [0.4, 0.5) is 5.69 Å². The van der Waals surface area contributed by atoms with Crippen molar-refractivity contribution in [2.24, 2.45) is 0 Å². The fourth-order valence-electron chi connectivity index (χ4n) is 3.44. The number of nitrogens with zero attached hydrogens (tertiary/aromatic N) is 2. The molecule has 26 heavy (non-hydrogen) atoms. The van der Waals surface area contributed by atoms with E-state index in [1.54, 1.807) is 23.1 Å². The van der Waals surface area contributed by atoms with E-state index in [9.17, 15) is 18.0 Å². The van der Waals surface area contributed by atoms with Gasteiger partial charge in [0.2, 0.25) is 10.0 Å². The van der Waals surface area contributed by atoms with Crippen molar-refractivity contribution in [3.05, 3.63) is 29.3 Å². The lowest BCUT2D eigenvalue weighted by molar-refractivity contribution is -0.141. The molecule has 142 valence electrons. The molecule has 0 radical (unpaired) electrons. The van der Waals surface area contributed by atoms with Crippen LogP contribution >= 0.6 is 0 Å². The first-order chi connectivity index (χ1) is 12.3. The number of benzene rings is 1. The molecular formula is C17H22N2O6S. The average Bonchev–Trinajstić information content (AvgIpc) is 2.59. The highest BCUT2D eigenvalue weighted by Gasteiger charge is 2.28. The summed E-state index contributed by atoms with van der Waals surface area (Å²) >= 11 is 0. The zero-order chi connectivity index (χ0) is 18.9. The second-order valence-corrected chi connectivity index (χ2v) is 8.53. The number of aryl methyl sites for hydroxylation is 1. The van der Waals surface area contributed by atoms with E-state index in [4.69, 9.17) is 9.84 Å². The summed E-state index contributed by atoms with van der Waals surface area (Å²) < 4.78 is 30.6. The maximum atomic E-state index is 12.8. The van der Waals surface area contributed by atoms with Crippen LogP contribution < -0.4 is 4.31 Å². The number of ether oxygens (including phenoxy) is 1. The summed E-state index contributed by atoms with van der Waals surface area (Å²) in [5.41, 5.74) is 1.94. The largest absolute Gasteiger partial charge is 0.481 e. The fourth-order valence-corrected chi connectivity index (χ4v) is 4.44. The van der Waals surface area contributed by atoms with Gasteiger partial charge in [-0.1, -0.05) is 0 Å². The molecule has 2 aliphatic heterocycles. The zero-order valence-electron chi connectivity index (χ0n) is 14.6. The molecule has 1 aromatic rings. The van der Waals surface area contributed by atoms with Gasteiger partial charge in [0, 0.05) is 25.2 Å². The Hall–Kier alpha value is -2.13. The third kappa shape index (κ3) is 3.99. The van der Waals surface area contributed by atoms with Crippen molar-refractivity contribution in [1.29, 1.82) is 0 Å². The molecule has 1 atom stereocenters. The maximum absolute atomic E-state index is 12.8.